The molecule has 0 aromatic heterocycles. The van der Waals surface area contributed by atoms with Crippen LogP contribution in [0.15, 0.2) is 11.9 Å². The van der Waals surface area contributed by atoms with Gasteiger partial charge in [-0.2, -0.15) is 0 Å². The molecular weight excluding hydrogens is 186 g/mol. The van der Waals surface area contributed by atoms with Crippen LogP contribution in [-0.4, -0.2) is 27.5 Å². The maximum Gasteiger partial charge on any atom is 0.0772 e. The predicted molar refractivity (Wildman–Crippen MR) is 69.6 cm³/mol. The zero-order valence-electron chi connectivity index (χ0n) is 10.5. The van der Waals surface area contributed by atoms with Crippen molar-refractivity contribution in [2.24, 2.45) is 0 Å². The van der Waals surface area contributed by atoms with Crippen LogP contribution in [0.3, 0.4) is 0 Å². The maximum atomic E-state index is 4.25. The Bertz CT molecular complexity index is 156. The SMILES string of the molecule is C=C([SiH2]C(C)CC)N(CC)CCCC. The first-order chi connectivity index (χ1) is 6.65. The highest BCUT2D eigenvalue weighted by molar-refractivity contribution is 6.46. The molecule has 14 heavy (non-hydrogen) atoms. The highest BCUT2D eigenvalue weighted by Crippen LogP contribution is 2.13. The summed E-state index contributed by atoms with van der Waals surface area (Å²) in [5.74, 6) is 0. The van der Waals surface area contributed by atoms with Gasteiger partial charge in [0.2, 0.25) is 0 Å². The molecule has 0 aromatic carbocycles. The summed E-state index contributed by atoms with van der Waals surface area (Å²) in [6, 6.07) is 0. The van der Waals surface area contributed by atoms with Gasteiger partial charge in [-0.1, -0.05) is 40.2 Å². The zero-order chi connectivity index (χ0) is 11.0. The molecule has 1 nitrogen and oxygen atoms in total. The number of hydrogen-bond donors (Lipinski definition) is 0. The molecule has 0 aliphatic carbocycles. The van der Waals surface area contributed by atoms with E-state index >= 15 is 0 Å². The molecule has 0 saturated carbocycles. The van der Waals surface area contributed by atoms with Gasteiger partial charge in [-0.05, 0) is 24.2 Å². The average molecular weight is 213 g/mol. The lowest BCUT2D eigenvalue weighted by atomic mass is 10.3. The normalized spacial score (nSPS) is 13.4. The third-order valence-electron chi connectivity index (χ3n) is 2.89. The molecular formula is C12H27NSi. The first-order valence-corrected chi connectivity index (χ1v) is 7.60. The van der Waals surface area contributed by atoms with Crippen LogP contribution in [0.2, 0.25) is 5.54 Å². The Kier molecular flexibility index (Phi) is 7.96. The molecule has 84 valence electrons. The molecule has 0 bridgehead atoms. The summed E-state index contributed by atoms with van der Waals surface area (Å²) in [5, 5.41) is 1.47. The van der Waals surface area contributed by atoms with Gasteiger partial charge in [0.1, 0.15) is 0 Å². The smallest absolute Gasteiger partial charge is 0.0772 e. The van der Waals surface area contributed by atoms with Crippen molar-refractivity contribution >= 4 is 9.52 Å². The van der Waals surface area contributed by atoms with Gasteiger partial charge in [0.15, 0.2) is 0 Å². The Morgan fingerprint density at radius 2 is 2.00 bits per heavy atom. The molecule has 0 saturated heterocycles. The van der Waals surface area contributed by atoms with E-state index in [2.05, 4.69) is 39.2 Å². The van der Waals surface area contributed by atoms with E-state index in [0.717, 1.165) is 12.1 Å². The van der Waals surface area contributed by atoms with Crippen LogP contribution in [0.4, 0.5) is 0 Å². The molecule has 0 fully saturated rings. The summed E-state index contributed by atoms with van der Waals surface area (Å²) in [6.45, 7) is 15.8. The van der Waals surface area contributed by atoms with E-state index in [-0.39, 0.29) is 9.52 Å². The second kappa shape index (κ2) is 8.10. The first-order valence-electron chi connectivity index (χ1n) is 6.08. The van der Waals surface area contributed by atoms with E-state index < -0.39 is 0 Å². The van der Waals surface area contributed by atoms with E-state index in [1.54, 1.807) is 0 Å². The average Bonchev–Trinajstić information content (AvgIpc) is 2.18. The number of nitrogens with zero attached hydrogens (tertiary/aromatic N) is 1. The van der Waals surface area contributed by atoms with Gasteiger partial charge >= 0.3 is 0 Å². The van der Waals surface area contributed by atoms with Gasteiger partial charge in [0.05, 0.1) is 9.52 Å². The van der Waals surface area contributed by atoms with E-state index in [9.17, 15) is 0 Å². The van der Waals surface area contributed by atoms with E-state index in [4.69, 9.17) is 0 Å². The molecule has 0 spiro atoms. The van der Waals surface area contributed by atoms with Crippen LogP contribution >= 0.6 is 0 Å². The van der Waals surface area contributed by atoms with Crippen molar-refractivity contribution in [3.63, 3.8) is 0 Å². The van der Waals surface area contributed by atoms with Gasteiger partial charge in [-0.25, -0.2) is 0 Å². The lowest BCUT2D eigenvalue weighted by Gasteiger charge is -2.26. The monoisotopic (exact) mass is 213 g/mol. The van der Waals surface area contributed by atoms with E-state index in [1.807, 2.05) is 0 Å². The van der Waals surface area contributed by atoms with Crippen molar-refractivity contribution in [1.29, 1.82) is 0 Å². The fourth-order valence-corrected chi connectivity index (χ4v) is 3.30. The van der Waals surface area contributed by atoms with Crippen molar-refractivity contribution in [1.82, 2.24) is 4.90 Å². The van der Waals surface area contributed by atoms with Crippen LogP contribution in [0.25, 0.3) is 0 Å². The third-order valence-corrected chi connectivity index (χ3v) is 5.08. The lowest BCUT2D eigenvalue weighted by molar-refractivity contribution is 0.374. The standard InChI is InChI=1S/C12H27NSi/c1-6-9-10-13(8-3)12(5)14-11(4)7-2/h11H,5-10,14H2,1-4H3. The summed E-state index contributed by atoms with van der Waals surface area (Å²) in [6.07, 6.45) is 3.91. The molecule has 0 amide bonds. The molecule has 1 atom stereocenters. The second-order valence-corrected chi connectivity index (χ2v) is 6.84. The molecule has 0 aliphatic heterocycles. The fourth-order valence-electron chi connectivity index (χ4n) is 1.56. The zero-order valence-corrected chi connectivity index (χ0v) is 11.9. The molecule has 0 aliphatic rings. The van der Waals surface area contributed by atoms with Gasteiger partial charge in [-0.3, -0.25) is 0 Å². The molecule has 0 radical (unpaired) electrons. The summed E-state index contributed by atoms with van der Waals surface area (Å²) in [4.78, 5) is 2.49. The van der Waals surface area contributed by atoms with Crippen molar-refractivity contribution in [3.8, 4) is 0 Å². The van der Waals surface area contributed by atoms with Crippen LogP contribution < -0.4 is 0 Å². The molecule has 0 heterocycles. The van der Waals surface area contributed by atoms with Gasteiger partial charge < -0.3 is 4.90 Å². The Morgan fingerprint density at radius 1 is 1.36 bits per heavy atom. The topological polar surface area (TPSA) is 3.24 Å². The van der Waals surface area contributed by atoms with Crippen molar-refractivity contribution in [2.45, 2.75) is 52.5 Å². The fraction of sp³-hybridized carbons (Fsp3) is 0.833. The predicted octanol–water partition coefficient (Wildman–Crippen LogP) is 2.97. The number of rotatable bonds is 8. The van der Waals surface area contributed by atoms with Crippen LogP contribution in [0.5, 0.6) is 0 Å². The summed E-state index contributed by atoms with van der Waals surface area (Å²) in [5.41, 5.74) is 0.915. The van der Waals surface area contributed by atoms with Crippen molar-refractivity contribution in [2.75, 3.05) is 13.1 Å². The Morgan fingerprint density at radius 3 is 2.43 bits per heavy atom. The quantitative estimate of drug-likeness (QED) is 0.560. The number of unbranched alkanes of at least 4 members (excludes halogenated alkanes) is 1. The van der Waals surface area contributed by atoms with Crippen LogP contribution in [0.1, 0.15) is 47.0 Å². The highest BCUT2D eigenvalue weighted by Gasteiger charge is 2.08. The van der Waals surface area contributed by atoms with E-state index in [1.165, 1.54) is 31.1 Å². The van der Waals surface area contributed by atoms with Gasteiger partial charge in [-0.15, -0.1) is 0 Å². The van der Waals surface area contributed by atoms with Crippen molar-refractivity contribution < 1.29 is 0 Å². The number of hydrogen-bond acceptors (Lipinski definition) is 1. The Hall–Kier alpha value is -0.243. The van der Waals surface area contributed by atoms with Crippen LogP contribution in [0, 0.1) is 0 Å². The first kappa shape index (κ1) is 13.8. The summed E-state index contributed by atoms with van der Waals surface area (Å²) in [7, 11) is -0.0949. The maximum absolute atomic E-state index is 4.25. The molecule has 0 rings (SSSR count). The molecule has 1 unspecified atom stereocenters. The summed E-state index contributed by atoms with van der Waals surface area (Å²) >= 11 is 0. The molecule has 2 heteroatoms. The Balaban J connectivity index is 3.90. The van der Waals surface area contributed by atoms with E-state index in [0.29, 0.717) is 0 Å². The minimum absolute atomic E-state index is 0.0949. The van der Waals surface area contributed by atoms with Crippen LogP contribution in [-0.2, 0) is 0 Å². The highest BCUT2D eigenvalue weighted by atomic mass is 28.2. The minimum atomic E-state index is -0.0949. The molecule has 0 N–H and O–H groups in total. The minimum Gasteiger partial charge on any atom is -0.380 e. The Labute approximate surface area is 92.4 Å². The largest absolute Gasteiger partial charge is 0.380 e. The van der Waals surface area contributed by atoms with Gasteiger partial charge in [0, 0.05) is 13.1 Å². The van der Waals surface area contributed by atoms with Crippen molar-refractivity contribution in [3.05, 3.63) is 11.9 Å². The second-order valence-electron chi connectivity index (χ2n) is 4.22. The molecule has 0 aromatic rings. The van der Waals surface area contributed by atoms with Gasteiger partial charge in [0.25, 0.3) is 0 Å². The third kappa shape index (κ3) is 5.48. The lowest BCUT2D eigenvalue weighted by Crippen LogP contribution is -2.27. The summed E-state index contributed by atoms with van der Waals surface area (Å²) < 4.78 is 0.